The second-order valence-corrected chi connectivity index (χ2v) is 6.52. The van der Waals surface area contributed by atoms with Crippen LogP contribution in [-0.4, -0.2) is 0 Å². The van der Waals surface area contributed by atoms with Gasteiger partial charge >= 0.3 is 0 Å². The molecule has 126 valence electrons. The molecule has 0 heteroatoms. The van der Waals surface area contributed by atoms with Gasteiger partial charge in [0.2, 0.25) is 0 Å². The van der Waals surface area contributed by atoms with E-state index in [-0.39, 0.29) is 0 Å². The van der Waals surface area contributed by atoms with Crippen LogP contribution >= 0.6 is 0 Å². The van der Waals surface area contributed by atoms with Crippen LogP contribution in [0.5, 0.6) is 0 Å². The normalized spacial score (nSPS) is 10.4. The van der Waals surface area contributed by atoms with Crippen molar-refractivity contribution in [1.82, 2.24) is 0 Å². The lowest BCUT2D eigenvalue weighted by Crippen LogP contribution is -1.94. The van der Waals surface area contributed by atoms with Crippen LogP contribution in [-0.2, 0) is 19.3 Å². The molecule has 3 rings (SSSR count). The Morgan fingerprint density at radius 3 is 1.36 bits per heavy atom. The van der Waals surface area contributed by atoms with Gasteiger partial charge < -0.3 is 0 Å². The summed E-state index contributed by atoms with van der Waals surface area (Å²) in [6, 6.07) is 32.4. The van der Waals surface area contributed by atoms with Crippen LogP contribution in [0.1, 0.15) is 29.5 Å². The molecule has 0 saturated heterocycles. The number of hydrogen-bond donors (Lipinski definition) is 0. The van der Waals surface area contributed by atoms with Gasteiger partial charge in [0.15, 0.2) is 0 Å². The summed E-state index contributed by atoms with van der Waals surface area (Å²) in [5, 5.41) is 0. The first-order chi connectivity index (χ1) is 12.4. The first kappa shape index (κ1) is 17.2. The Labute approximate surface area is 151 Å². The minimum Gasteiger partial charge on any atom is -0.0809 e. The largest absolute Gasteiger partial charge is 0.0809 e. The SMILES string of the molecule is C(Cc1ccccc1)=C(CCc1ccccc1)CCc1ccccc1. The first-order valence-electron chi connectivity index (χ1n) is 9.20. The van der Waals surface area contributed by atoms with E-state index < -0.39 is 0 Å². The predicted octanol–water partition coefficient (Wildman–Crippen LogP) is 6.42. The highest BCUT2D eigenvalue weighted by molar-refractivity contribution is 5.22. The quantitative estimate of drug-likeness (QED) is 0.419. The molecule has 0 unspecified atom stereocenters. The second kappa shape index (κ2) is 9.64. The number of aryl methyl sites for hydroxylation is 2. The Morgan fingerprint density at radius 1 is 0.520 bits per heavy atom. The van der Waals surface area contributed by atoms with Crippen LogP contribution < -0.4 is 0 Å². The second-order valence-electron chi connectivity index (χ2n) is 6.52. The van der Waals surface area contributed by atoms with Gasteiger partial charge in [-0.15, -0.1) is 0 Å². The molecule has 0 bridgehead atoms. The maximum absolute atomic E-state index is 2.45. The van der Waals surface area contributed by atoms with Crippen molar-refractivity contribution in [1.29, 1.82) is 0 Å². The molecule has 0 nitrogen and oxygen atoms in total. The molecule has 0 spiro atoms. The summed E-state index contributed by atoms with van der Waals surface area (Å²) in [6.45, 7) is 0. The molecule has 0 heterocycles. The van der Waals surface area contributed by atoms with E-state index in [9.17, 15) is 0 Å². The number of benzene rings is 3. The van der Waals surface area contributed by atoms with E-state index in [2.05, 4.69) is 97.1 Å². The van der Waals surface area contributed by atoms with Crippen LogP contribution in [0.4, 0.5) is 0 Å². The summed E-state index contributed by atoms with van der Waals surface area (Å²) in [5.41, 5.74) is 5.80. The molecule has 0 aromatic heterocycles. The van der Waals surface area contributed by atoms with Gasteiger partial charge in [0.05, 0.1) is 0 Å². The molecule has 25 heavy (non-hydrogen) atoms. The highest BCUT2D eigenvalue weighted by atomic mass is 14.1. The molecule has 0 amide bonds. The van der Waals surface area contributed by atoms with Crippen molar-refractivity contribution < 1.29 is 0 Å². The minimum atomic E-state index is 1.03. The average molecular weight is 326 g/mol. The van der Waals surface area contributed by atoms with Crippen molar-refractivity contribution in [2.45, 2.75) is 32.1 Å². The van der Waals surface area contributed by atoms with Gasteiger partial charge in [0.25, 0.3) is 0 Å². The zero-order valence-electron chi connectivity index (χ0n) is 14.8. The fraction of sp³-hybridized carbons (Fsp3) is 0.200. The lowest BCUT2D eigenvalue weighted by atomic mass is 9.97. The molecule has 0 saturated carbocycles. The molecule has 0 fully saturated rings. The third kappa shape index (κ3) is 6.08. The zero-order valence-corrected chi connectivity index (χ0v) is 14.8. The fourth-order valence-electron chi connectivity index (χ4n) is 3.10. The Bertz CT molecular complexity index is 709. The highest BCUT2D eigenvalue weighted by Crippen LogP contribution is 2.17. The smallest absolute Gasteiger partial charge is 0.00948 e. The summed E-state index contributed by atoms with van der Waals surface area (Å²) in [7, 11) is 0. The third-order valence-electron chi connectivity index (χ3n) is 4.62. The molecule has 3 aromatic rings. The molecule has 0 aliphatic rings. The molecule has 0 aliphatic heterocycles. The van der Waals surface area contributed by atoms with Crippen molar-refractivity contribution in [2.75, 3.05) is 0 Å². The Hall–Kier alpha value is -2.60. The van der Waals surface area contributed by atoms with Gasteiger partial charge in [-0.25, -0.2) is 0 Å². The molecule has 0 N–H and O–H groups in total. The van der Waals surface area contributed by atoms with Crippen molar-refractivity contribution >= 4 is 0 Å². The minimum absolute atomic E-state index is 1.03. The van der Waals surface area contributed by atoms with Crippen molar-refractivity contribution in [2.24, 2.45) is 0 Å². The predicted molar refractivity (Wildman–Crippen MR) is 108 cm³/mol. The van der Waals surface area contributed by atoms with E-state index in [1.54, 1.807) is 5.57 Å². The van der Waals surface area contributed by atoms with Crippen LogP contribution in [0.2, 0.25) is 0 Å². The number of rotatable bonds is 8. The summed E-state index contributed by atoms with van der Waals surface area (Å²) in [4.78, 5) is 0. The topological polar surface area (TPSA) is 0 Å². The monoisotopic (exact) mass is 326 g/mol. The van der Waals surface area contributed by atoms with Crippen LogP contribution in [0.3, 0.4) is 0 Å². The molecular weight excluding hydrogens is 300 g/mol. The van der Waals surface area contributed by atoms with E-state index in [0.29, 0.717) is 0 Å². The molecule has 0 radical (unpaired) electrons. The Balaban J connectivity index is 1.64. The lowest BCUT2D eigenvalue weighted by molar-refractivity contribution is 0.828. The van der Waals surface area contributed by atoms with E-state index >= 15 is 0 Å². The summed E-state index contributed by atoms with van der Waals surface area (Å²) in [6.07, 6.45) is 8.00. The van der Waals surface area contributed by atoms with Gasteiger partial charge in [-0.1, -0.05) is 103 Å². The number of hydrogen-bond acceptors (Lipinski definition) is 0. The summed E-state index contributed by atoms with van der Waals surface area (Å²) < 4.78 is 0. The summed E-state index contributed by atoms with van der Waals surface area (Å²) >= 11 is 0. The molecular formula is C25H26. The first-order valence-corrected chi connectivity index (χ1v) is 9.20. The van der Waals surface area contributed by atoms with Gasteiger partial charge in [-0.05, 0) is 48.8 Å². The van der Waals surface area contributed by atoms with Gasteiger partial charge in [0.1, 0.15) is 0 Å². The van der Waals surface area contributed by atoms with Crippen LogP contribution in [0, 0.1) is 0 Å². The fourth-order valence-corrected chi connectivity index (χ4v) is 3.10. The zero-order chi connectivity index (χ0) is 17.2. The maximum Gasteiger partial charge on any atom is -0.00948 e. The highest BCUT2D eigenvalue weighted by Gasteiger charge is 2.02. The van der Waals surface area contributed by atoms with Crippen molar-refractivity contribution in [3.05, 3.63) is 119 Å². The van der Waals surface area contributed by atoms with Crippen molar-refractivity contribution in [3.63, 3.8) is 0 Å². The number of allylic oxidation sites excluding steroid dienone is 2. The van der Waals surface area contributed by atoms with E-state index in [1.165, 1.54) is 16.7 Å². The Morgan fingerprint density at radius 2 is 0.920 bits per heavy atom. The van der Waals surface area contributed by atoms with Crippen LogP contribution in [0.15, 0.2) is 103 Å². The Kier molecular flexibility index (Phi) is 6.64. The summed E-state index contributed by atoms with van der Waals surface area (Å²) in [5.74, 6) is 0. The maximum atomic E-state index is 2.45. The van der Waals surface area contributed by atoms with Crippen molar-refractivity contribution in [3.8, 4) is 0 Å². The third-order valence-corrected chi connectivity index (χ3v) is 4.62. The van der Waals surface area contributed by atoms with Gasteiger partial charge in [-0.2, -0.15) is 0 Å². The lowest BCUT2D eigenvalue weighted by Gasteiger charge is -2.09. The average Bonchev–Trinajstić information content (AvgIpc) is 2.70. The van der Waals surface area contributed by atoms with E-state index in [1.807, 2.05) is 0 Å². The molecule has 0 atom stereocenters. The van der Waals surface area contributed by atoms with Gasteiger partial charge in [0, 0.05) is 0 Å². The van der Waals surface area contributed by atoms with Crippen LogP contribution in [0.25, 0.3) is 0 Å². The van der Waals surface area contributed by atoms with E-state index in [4.69, 9.17) is 0 Å². The molecule has 0 aliphatic carbocycles. The van der Waals surface area contributed by atoms with Gasteiger partial charge in [-0.3, -0.25) is 0 Å². The molecule has 3 aromatic carbocycles. The standard InChI is InChI=1S/C25H26/c1-4-10-22(11-5-1)16-19-25(20-17-23-12-6-2-7-13-23)21-18-24-14-8-3-9-15-24/h1-15,19H,16-18,20-21H2. The van der Waals surface area contributed by atoms with E-state index in [0.717, 1.165) is 32.1 Å².